The minimum absolute atomic E-state index is 0.275. The van der Waals surface area contributed by atoms with Gasteiger partial charge in [-0.2, -0.15) is 0 Å². The van der Waals surface area contributed by atoms with Crippen molar-refractivity contribution in [1.82, 2.24) is 15.5 Å². The van der Waals surface area contributed by atoms with Gasteiger partial charge in [-0.3, -0.25) is 14.5 Å². The van der Waals surface area contributed by atoms with Crippen LogP contribution >= 0.6 is 0 Å². The molecule has 2 N–H and O–H groups in total. The van der Waals surface area contributed by atoms with Gasteiger partial charge in [-0.25, -0.2) is 4.79 Å². The Morgan fingerprint density at radius 3 is 2.47 bits per heavy atom. The van der Waals surface area contributed by atoms with Gasteiger partial charge >= 0.3 is 6.03 Å². The summed E-state index contributed by atoms with van der Waals surface area (Å²) >= 11 is 0. The third-order valence-electron chi connectivity index (χ3n) is 5.52. The molecule has 1 unspecified atom stereocenters. The molecule has 0 spiro atoms. The number of carbonyl (C=O) groups is 3. The second-order valence-corrected chi connectivity index (χ2v) is 8.21. The van der Waals surface area contributed by atoms with Gasteiger partial charge < -0.3 is 20.1 Å². The zero-order chi connectivity index (χ0) is 23.6. The van der Waals surface area contributed by atoms with Crippen LogP contribution < -0.4 is 20.1 Å². The summed E-state index contributed by atoms with van der Waals surface area (Å²) in [5.74, 6) is 0.677. The van der Waals surface area contributed by atoms with E-state index in [1.165, 1.54) is 0 Å². The number of amides is 4. The van der Waals surface area contributed by atoms with Gasteiger partial charge in [0.1, 0.15) is 12.1 Å². The number of rotatable bonds is 14. The van der Waals surface area contributed by atoms with E-state index >= 15 is 0 Å². The first kappa shape index (κ1) is 25.5. The Morgan fingerprint density at radius 2 is 1.78 bits per heavy atom. The maximum Gasteiger partial charge on any atom is 0.325 e. The van der Waals surface area contributed by atoms with Crippen LogP contribution in [-0.2, 0) is 16.0 Å². The van der Waals surface area contributed by atoms with Gasteiger partial charge in [-0.15, -0.1) is 0 Å². The highest BCUT2D eigenvalue weighted by Crippen LogP contribution is 2.28. The van der Waals surface area contributed by atoms with Crippen molar-refractivity contribution in [3.05, 3.63) is 23.8 Å². The van der Waals surface area contributed by atoms with Gasteiger partial charge in [-0.1, -0.05) is 38.7 Å². The average molecular weight is 448 g/mol. The Bertz CT molecular complexity index is 798. The maximum absolute atomic E-state index is 12.8. The fourth-order valence-electron chi connectivity index (χ4n) is 3.76. The van der Waals surface area contributed by atoms with E-state index in [9.17, 15) is 14.4 Å². The van der Waals surface area contributed by atoms with Gasteiger partial charge in [0.05, 0.1) is 13.2 Å². The Labute approximate surface area is 191 Å². The van der Waals surface area contributed by atoms with Gasteiger partial charge in [0.2, 0.25) is 5.91 Å². The van der Waals surface area contributed by atoms with Crippen molar-refractivity contribution < 1.29 is 23.9 Å². The van der Waals surface area contributed by atoms with Crippen LogP contribution in [0, 0.1) is 0 Å². The summed E-state index contributed by atoms with van der Waals surface area (Å²) in [5.41, 5.74) is 0.0650. The van der Waals surface area contributed by atoms with Crippen molar-refractivity contribution >= 4 is 17.8 Å². The van der Waals surface area contributed by atoms with Crippen molar-refractivity contribution in [2.45, 2.75) is 71.8 Å². The SMILES string of the molecule is CCCCCCC1(C)NC(=O)N(CC(=O)NCCc2ccc(OCC)c(OCC)c2)C1=O. The summed E-state index contributed by atoms with van der Waals surface area (Å²) in [4.78, 5) is 38.4. The summed E-state index contributed by atoms with van der Waals surface area (Å²) in [6.45, 7) is 8.88. The van der Waals surface area contributed by atoms with E-state index in [4.69, 9.17) is 9.47 Å². The molecule has 0 radical (unpaired) electrons. The second-order valence-electron chi connectivity index (χ2n) is 8.21. The number of ether oxygens (including phenoxy) is 2. The molecule has 1 aliphatic heterocycles. The number of unbranched alkanes of at least 4 members (excludes halogenated alkanes) is 3. The van der Waals surface area contributed by atoms with E-state index in [1.54, 1.807) is 6.92 Å². The predicted octanol–water partition coefficient (Wildman–Crippen LogP) is 3.42. The normalized spacial score (nSPS) is 17.9. The van der Waals surface area contributed by atoms with Crippen LogP contribution in [0.1, 0.15) is 65.4 Å². The third kappa shape index (κ3) is 6.87. The number of benzene rings is 1. The number of imide groups is 1. The Kier molecular flexibility index (Phi) is 9.81. The van der Waals surface area contributed by atoms with Crippen molar-refractivity contribution in [1.29, 1.82) is 0 Å². The minimum atomic E-state index is -0.927. The highest BCUT2D eigenvalue weighted by molar-refractivity contribution is 6.08. The van der Waals surface area contributed by atoms with Crippen molar-refractivity contribution in [3.8, 4) is 11.5 Å². The monoisotopic (exact) mass is 447 g/mol. The average Bonchev–Trinajstić information content (AvgIpc) is 2.96. The number of hydrogen-bond acceptors (Lipinski definition) is 5. The summed E-state index contributed by atoms with van der Waals surface area (Å²) in [6.07, 6.45) is 5.26. The van der Waals surface area contributed by atoms with Gasteiger partial charge in [-0.05, 0) is 51.3 Å². The molecule has 1 atom stereocenters. The van der Waals surface area contributed by atoms with E-state index in [-0.39, 0.29) is 18.4 Å². The fourth-order valence-corrected chi connectivity index (χ4v) is 3.76. The summed E-state index contributed by atoms with van der Waals surface area (Å²) in [5, 5.41) is 5.55. The van der Waals surface area contributed by atoms with Crippen LogP contribution in [0.3, 0.4) is 0 Å². The van der Waals surface area contributed by atoms with E-state index in [0.29, 0.717) is 44.1 Å². The number of hydrogen-bond donors (Lipinski definition) is 2. The van der Waals surface area contributed by atoms with Gasteiger partial charge in [0.25, 0.3) is 5.91 Å². The highest BCUT2D eigenvalue weighted by atomic mass is 16.5. The molecule has 1 saturated heterocycles. The number of carbonyl (C=O) groups excluding carboxylic acids is 3. The Hall–Kier alpha value is -2.77. The second kappa shape index (κ2) is 12.3. The zero-order valence-corrected chi connectivity index (χ0v) is 19.8. The summed E-state index contributed by atoms with van der Waals surface area (Å²) in [7, 11) is 0. The van der Waals surface area contributed by atoms with Crippen molar-refractivity contribution in [2.75, 3.05) is 26.3 Å². The van der Waals surface area contributed by atoms with Crippen LogP contribution in [0.2, 0.25) is 0 Å². The molecule has 8 heteroatoms. The lowest BCUT2D eigenvalue weighted by Crippen LogP contribution is -2.45. The lowest BCUT2D eigenvalue weighted by molar-refractivity contribution is -0.134. The molecular formula is C24H37N3O5. The largest absolute Gasteiger partial charge is 0.490 e. The fraction of sp³-hybridized carbons (Fsp3) is 0.625. The lowest BCUT2D eigenvalue weighted by Gasteiger charge is -2.21. The molecule has 1 aliphatic rings. The number of nitrogens with one attached hydrogen (secondary N) is 2. The molecule has 32 heavy (non-hydrogen) atoms. The van der Waals surface area contributed by atoms with Gasteiger partial charge in [0.15, 0.2) is 11.5 Å². The molecule has 1 fully saturated rings. The first-order chi connectivity index (χ1) is 15.3. The maximum atomic E-state index is 12.8. The topological polar surface area (TPSA) is 97.0 Å². The van der Waals surface area contributed by atoms with E-state index in [0.717, 1.165) is 36.1 Å². The molecule has 0 bridgehead atoms. The molecule has 1 aromatic carbocycles. The Morgan fingerprint density at radius 1 is 1.06 bits per heavy atom. The summed E-state index contributed by atoms with van der Waals surface area (Å²) in [6, 6.07) is 5.19. The molecule has 1 aromatic rings. The van der Waals surface area contributed by atoms with Crippen LogP contribution in [-0.4, -0.2) is 54.6 Å². The molecular weight excluding hydrogens is 410 g/mol. The first-order valence-corrected chi connectivity index (χ1v) is 11.6. The highest BCUT2D eigenvalue weighted by Gasteiger charge is 2.47. The zero-order valence-electron chi connectivity index (χ0n) is 19.8. The molecule has 4 amide bonds. The molecule has 1 heterocycles. The van der Waals surface area contributed by atoms with Crippen LogP contribution in [0.5, 0.6) is 11.5 Å². The lowest BCUT2D eigenvalue weighted by atomic mass is 9.94. The number of nitrogens with zero attached hydrogens (tertiary/aromatic N) is 1. The Balaban J connectivity index is 1.84. The van der Waals surface area contributed by atoms with Crippen LogP contribution in [0.15, 0.2) is 18.2 Å². The smallest absolute Gasteiger partial charge is 0.325 e. The van der Waals surface area contributed by atoms with E-state index in [1.807, 2.05) is 32.0 Å². The number of urea groups is 1. The van der Waals surface area contributed by atoms with Crippen LogP contribution in [0.25, 0.3) is 0 Å². The minimum Gasteiger partial charge on any atom is -0.490 e. The molecule has 178 valence electrons. The quantitative estimate of drug-likeness (QED) is 0.336. The molecule has 0 aromatic heterocycles. The standard InChI is InChI=1S/C24H37N3O5/c1-5-8-9-10-14-24(4)22(29)27(23(30)26-24)17-21(28)25-15-13-18-11-12-19(31-6-2)20(16-18)32-7-3/h11-12,16H,5-10,13-15,17H2,1-4H3,(H,25,28)(H,26,30). The predicted molar refractivity (Wildman–Crippen MR) is 123 cm³/mol. The molecule has 8 nitrogen and oxygen atoms in total. The van der Waals surface area contributed by atoms with Gasteiger partial charge in [0, 0.05) is 6.54 Å². The van der Waals surface area contributed by atoms with Crippen LogP contribution in [0.4, 0.5) is 4.79 Å². The molecule has 0 aliphatic carbocycles. The first-order valence-electron chi connectivity index (χ1n) is 11.6. The van der Waals surface area contributed by atoms with E-state index < -0.39 is 11.6 Å². The molecule has 0 saturated carbocycles. The van der Waals surface area contributed by atoms with Crippen molar-refractivity contribution in [3.63, 3.8) is 0 Å². The summed E-state index contributed by atoms with van der Waals surface area (Å²) < 4.78 is 11.2. The van der Waals surface area contributed by atoms with E-state index in [2.05, 4.69) is 17.6 Å². The third-order valence-corrected chi connectivity index (χ3v) is 5.52. The van der Waals surface area contributed by atoms with Crippen molar-refractivity contribution in [2.24, 2.45) is 0 Å². The molecule has 2 rings (SSSR count).